The van der Waals surface area contributed by atoms with Crippen molar-refractivity contribution in [3.63, 3.8) is 0 Å². The molecule has 0 unspecified atom stereocenters. The van der Waals surface area contributed by atoms with Gasteiger partial charge in [0.1, 0.15) is 0 Å². The highest BCUT2D eigenvalue weighted by molar-refractivity contribution is 5.13. The van der Waals surface area contributed by atoms with Gasteiger partial charge in [-0.15, -0.1) is 0 Å². The van der Waals surface area contributed by atoms with Gasteiger partial charge < -0.3 is 24.4 Å². The lowest BCUT2D eigenvalue weighted by Gasteiger charge is -2.26. The van der Waals surface area contributed by atoms with Gasteiger partial charge in [0.05, 0.1) is 25.4 Å². The van der Waals surface area contributed by atoms with Crippen molar-refractivity contribution in [1.29, 1.82) is 0 Å². The van der Waals surface area contributed by atoms with Gasteiger partial charge in [0.15, 0.2) is 6.29 Å². The molecule has 1 aromatic rings. The summed E-state index contributed by atoms with van der Waals surface area (Å²) in [5, 5.41) is 20.1. The van der Waals surface area contributed by atoms with Crippen LogP contribution in [0.3, 0.4) is 0 Å². The van der Waals surface area contributed by atoms with Gasteiger partial charge in [0.2, 0.25) is 0 Å². The normalized spacial score (nSPS) is 15.9. The molecule has 0 spiro atoms. The van der Waals surface area contributed by atoms with E-state index >= 15 is 0 Å². The van der Waals surface area contributed by atoms with Gasteiger partial charge in [-0.25, -0.2) is 0 Å². The molecule has 0 radical (unpaired) electrons. The van der Waals surface area contributed by atoms with Gasteiger partial charge in [-0.2, -0.15) is 0 Å². The smallest absolute Gasteiger partial charge is 0.159 e. The van der Waals surface area contributed by atoms with Crippen LogP contribution in [0.2, 0.25) is 0 Å². The molecule has 0 bridgehead atoms. The molecule has 0 saturated heterocycles. The van der Waals surface area contributed by atoms with Crippen molar-refractivity contribution < 1.29 is 24.4 Å². The number of hydrogen-bond acceptors (Lipinski definition) is 5. The van der Waals surface area contributed by atoms with Crippen LogP contribution < -0.4 is 0 Å². The number of benzene rings is 1. The SMILES string of the molecule is COC(C[C@@H](O)[C@H](C)[C@@H](O)COCc1ccccc1)OC. The first-order valence-electron chi connectivity index (χ1n) is 7.11. The van der Waals surface area contributed by atoms with E-state index in [9.17, 15) is 10.2 Å². The molecule has 0 aliphatic carbocycles. The molecule has 3 atom stereocenters. The summed E-state index contributed by atoms with van der Waals surface area (Å²) in [5.41, 5.74) is 1.05. The summed E-state index contributed by atoms with van der Waals surface area (Å²) < 4.78 is 15.6. The Morgan fingerprint density at radius 3 is 2.19 bits per heavy atom. The first-order valence-corrected chi connectivity index (χ1v) is 7.11. The Bertz CT molecular complexity index is 366. The molecular formula is C16H26O5. The molecule has 0 fully saturated rings. The Balaban J connectivity index is 2.31. The van der Waals surface area contributed by atoms with Gasteiger partial charge in [0.25, 0.3) is 0 Å². The molecule has 0 heterocycles. The highest BCUT2D eigenvalue weighted by Gasteiger charge is 2.25. The van der Waals surface area contributed by atoms with Gasteiger partial charge in [0, 0.05) is 26.6 Å². The maximum atomic E-state index is 10.1. The summed E-state index contributed by atoms with van der Waals surface area (Å²) >= 11 is 0. The maximum Gasteiger partial charge on any atom is 0.159 e. The van der Waals surface area contributed by atoms with Crippen LogP contribution >= 0.6 is 0 Å². The fourth-order valence-corrected chi connectivity index (χ4v) is 1.98. The summed E-state index contributed by atoms with van der Waals surface area (Å²) in [6.45, 7) is 2.40. The van der Waals surface area contributed by atoms with Crippen LogP contribution in [0, 0.1) is 5.92 Å². The number of aliphatic hydroxyl groups is 2. The maximum absolute atomic E-state index is 10.1. The molecule has 0 aliphatic heterocycles. The average Bonchev–Trinajstić information content (AvgIpc) is 2.52. The second kappa shape index (κ2) is 9.87. The van der Waals surface area contributed by atoms with Crippen LogP contribution in [0.5, 0.6) is 0 Å². The van der Waals surface area contributed by atoms with Crippen molar-refractivity contribution in [2.75, 3.05) is 20.8 Å². The quantitative estimate of drug-likeness (QED) is 0.642. The van der Waals surface area contributed by atoms with Crippen LogP contribution in [0.25, 0.3) is 0 Å². The summed E-state index contributed by atoms with van der Waals surface area (Å²) in [6, 6.07) is 9.76. The highest BCUT2D eigenvalue weighted by Crippen LogP contribution is 2.16. The Morgan fingerprint density at radius 1 is 1.00 bits per heavy atom. The Hall–Kier alpha value is -0.980. The number of hydrogen-bond donors (Lipinski definition) is 2. The molecule has 5 nitrogen and oxygen atoms in total. The molecule has 0 aromatic heterocycles. The van der Waals surface area contributed by atoms with E-state index in [-0.39, 0.29) is 12.5 Å². The lowest BCUT2D eigenvalue weighted by atomic mass is 9.96. The second-order valence-corrected chi connectivity index (χ2v) is 5.13. The number of rotatable bonds is 10. The monoisotopic (exact) mass is 298 g/mol. The van der Waals surface area contributed by atoms with Crippen molar-refractivity contribution in [3.8, 4) is 0 Å². The minimum Gasteiger partial charge on any atom is -0.393 e. The molecule has 2 N–H and O–H groups in total. The lowest BCUT2D eigenvalue weighted by Crippen LogP contribution is -2.35. The van der Waals surface area contributed by atoms with E-state index in [1.54, 1.807) is 6.92 Å². The zero-order valence-electron chi connectivity index (χ0n) is 12.9. The fraction of sp³-hybridized carbons (Fsp3) is 0.625. The zero-order chi connectivity index (χ0) is 15.7. The molecule has 1 rings (SSSR count). The number of methoxy groups -OCH3 is 2. The topological polar surface area (TPSA) is 68.2 Å². The molecule has 120 valence electrons. The minimum atomic E-state index is -0.738. The first-order chi connectivity index (χ1) is 10.1. The van der Waals surface area contributed by atoms with Crippen LogP contribution in [-0.4, -0.2) is 49.5 Å². The lowest BCUT2D eigenvalue weighted by molar-refractivity contribution is -0.135. The molecule has 1 aromatic carbocycles. The largest absolute Gasteiger partial charge is 0.393 e. The van der Waals surface area contributed by atoms with E-state index in [0.29, 0.717) is 13.0 Å². The van der Waals surface area contributed by atoms with Crippen molar-refractivity contribution in [1.82, 2.24) is 0 Å². The van der Waals surface area contributed by atoms with Crippen molar-refractivity contribution in [2.45, 2.75) is 38.4 Å². The van der Waals surface area contributed by atoms with E-state index < -0.39 is 18.5 Å². The predicted molar refractivity (Wildman–Crippen MR) is 79.7 cm³/mol. The molecule has 0 aliphatic rings. The van der Waals surface area contributed by atoms with Gasteiger partial charge in [-0.05, 0) is 5.56 Å². The second-order valence-electron chi connectivity index (χ2n) is 5.13. The molecule has 5 heteroatoms. The Kier molecular flexibility index (Phi) is 8.49. The van der Waals surface area contributed by atoms with Crippen LogP contribution in [0.1, 0.15) is 18.9 Å². The summed E-state index contributed by atoms with van der Waals surface area (Å²) in [6.07, 6.45) is -1.62. The molecule has 0 amide bonds. The first kappa shape index (κ1) is 18.1. The van der Waals surface area contributed by atoms with Gasteiger partial charge >= 0.3 is 0 Å². The van der Waals surface area contributed by atoms with E-state index in [4.69, 9.17) is 14.2 Å². The zero-order valence-corrected chi connectivity index (χ0v) is 12.9. The van der Waals surface area contributed by atoms with E-state index in [1.165, 1.54) is 14.2 Å². The highest BCUT2D eigenvalue weighted by atomic mass is 16.7. The predicted octanol–water partition coefficient (Wildman–Crippen LogP) is 1.57. The third kappa shape index (κ3) is 6.54. The van der Waals surface area contributed by atoms with Crippen LogP contribution in [0.4, 0.5) is 0 Å². The Labute approximate surface area is 126 Å². The third-order valence-electron chi connectivity index (χ3n) is 3.57. The van der Waals surface area contributed by atoms with Crippen molar-refractivity contribution in [2.24, 2.45) is 5.92 Å². The number of ether oxygens (including phenoxy) is 3. The minimum absolute atomic E-state index is 0.178. The molecule has 0 saturated carbocycles. The Morgan fingerprint density at radius 2 is 1.62 bits per heavy atom. The fourth-order valence-electron chi connectivity index (χ4n) is 1.98. The van der Waals surface area contributed by atoms with Crippen molar-refractivity contribution >= 4 is 0 Å². The third-order valence-corrected chi connectivity index (χ3v) is 3.57. The average molecular weight is 298 g/mol. The molecule has 21 heavy (non-hydrogen) atoms. The standard InChI is InChI=1S/C16H26O5/c1-12(14(17)9-16(19-2)20-3)15(18)11-21-10-13-7-5-4-6-8-13/h4-8,12,14-18H,9-11H2,1-3H3/t12-,14+,15-/m0/s1. The van der Waals surface area contributed by atoms with Crippen LogP contribution in [0.15, 0.2) is 30.3 Å². The van der Waals surface area contributed by atoms with Gasteiger partial charge in [-0.1, -0.05) is 37.3 Å². The van der Waals surface area contributed by atoms with Crippen molar-refractivity contribution in [3.05, 3.63) is 35.9 Å². The number of aliphatic hydroxyl groups excluding tert-OH is 2. The summed E-state index contributed by atoms with van der Waals surface area (Å²) in [5.74, 6) is -0.325. The van der Waals surface area contributed by atoms with Crippen LogP contribution in [-0.2, 0) is 20.8 Å². The summed E-state index contributed by atoms with van der Waals surface area (Å²) in [7, 11) is 3.04. The molecular weight excluding hydrogens is 272 g/mol. The van der Waals surface area contributed by atoms with Gasteiger partial charge in [-0.3, -0.25) is 0 Å². The van der Waals surface area contributed by atoms with E-state index in [0.717, 1.165) is 5.56 Å². The van der Waals surface area contributed by atoms with E-state index in [2.05, 4.69) is 0 Å². The van der Waals surface area contributed by atoms with E-state index in [1.807, 2.05) is 30.3 Å². The summed E-state index contributed by atoms with van der Waals surface area (Å²) in [4.78, 5) is 0.